The monoisotopic (exact) mass is 683 g/mol. The topological polar surface area (TPSA) is 137 Å². The number of benzene rings is 3. The van der Waals surface area contributed by atoms with Crippen LogP contribution in [0.1, 0.15) is 60.6 Å². The Balaban J connectivity index is 1.72. The molecular weight excluding hydrogens is 644 g/mol. The molecule has 13 heteroatoms. The molecule has 0 saturated carbocycles. The van der Waals surface area contributed by atoms with Crippen LogP contribution in [0.2, 0.25) is 0 Å². The Bertz CT molecular complexity index is 1820. The molecule has 0 spiro atoms. The molecule has 2 atom stereocenters. The van der Waals surface area contributed by atoms with E-state index in [-0.39, 0.29) is 31.0 Å². The Morgan fingerprint density at radius 1 is 0.979 bits per heavy atom. The van der Waals surface area contributed by atoms with Crippen molar-refractivity contribution in [2.45, 2.75) is 58.1 Å². The van der Waals surface area contributed by atoms with Gasteiger partial charge in [0.15, 0.2) is 0 Å². The highest BCUT2D eigenvalue weighted by molar-refractivity contribution is 7.90. The predicted octanol–water partition coefficient (Wildman–Crippen LogP) is 5.00. The SMILES string of the molecule is CC(C)(C)OC(=O)[C@H](CCS(C)(=O)=O)NC(=O)c1ccc(C(OCCn2ccnc2CO)c2ccc(F)cc2)cc1-c1ccc(F)cc1. The summed E-state index contributed by atoms with van der Waals surface area (Å²) >= 11 is 0. The molecule has 4 aromatic rings. The van der Waals surface area contributed by atoms with Crippen molar-refractivity contribution in [2.24, 2.45) is 0 Å². The zero-order valence-corrected chi connectivity index (χ0v) is 28.0. The number of aromatic nitrogens is 2. The molecule has 1 amide bonds. The summed E-state index contributed by atoms with van der Waals surface area (Å²) in [6.45, 7) is 5.27. The Hall–Kier alpha value is -4.46. The fourth-order valence-electron chi connectivity index (χ4n) is 4.97. The van der Waals surface area contributed by atoms with Crippen LogP contribution in [0.3, 0.4) is 0 Å². The van der Waals surface area contributed by atoms with E-state index in [0.717, 1.165) is 6.26 Å². The van der Waals surface area contributed by atoms with E-state index in [1.807, 2.05) is 0 Å². The maximum Gasteiger partial charge on any atom is 0.329 e. The van der Waals surface area contributed by atoms with Gasteiger partial charge in [0.2, 0.25) is 0 Å². The molecular formula is C35H39F2N3O7S. The molecule has 10 nitrogen and oxygen atoms in total. The smallest absolute Gasteiger partial charge is 0.329 e. The lowest BCUT2D eigenvalue weighted by Crippen LogP contribution is -2.45. The highest BCUT2D eigenvalue weighted by atomic mass is 32.2. The summed E-state index contributed by atoms with van der Waals surface area (Å²) in [5, 5.41) is 12.2. The van der Waals surface area contributed by atoms with E-state index in [4.69, 9.17) is 9.47 Å². The first-order chi connectivity index (χ1) is 22.6. The maximum absolute atomic E-state index is 14.0. The molecule has 48 heavy (non-hydrogen) atoms. The number of carbonyl (C=O) groups excluding carboxylic acids is 2. The average Bonchev–Trinajstić information content (AvgIpc) is 3.48. The van der Waals surface area contributed by atoms with Crippen molar-refractivity contribution in [3.63, 3.8) is 0 Å². The highest BCUT2D eigenvalue weighted by Gasteiger charge is 2.29. The van der Waals surface area contributed by atoms with E-state index in [9.17, 15) is 31.9 Å². The van der Waals surface area contributed by atoms with Gasteiger partial charge in [0.1, 0.15) is 51.6 Å². The molecule has 0 aliphatic carbocycles. The molecule has 3 aromatic carbocycles. The number of halogens is 2. The molecule has 2 N–H and O–H groups in total. The van der Waals surface area contributed by atoms with Crippen LogP contribution in [0, 0.1) is 11.6 Å². The first kappa shape index (κ1) is 36.4. The standard InChI is InChI=1S/C35H39F2N3O7S/c1-35(2,3)47-34(43)30(15-20-48(4,44)45)39-33(42)28-14-9-25(21-29(28)23-5-10-26(36)11-6-23)32(24-7-12-27(37)13-8-24)46-19-18-40-17-16-38-31(40)22-41/h5-14,16-17,21,30,32,41H,15,18-20,22H2,1-4H3,(H,39,42)/t30-,32?/m0/s1. The second kappa shape index (κ2) is 15.6. The Labute approximate surface area is 278 Å². The number of aliphatic hydroxyl groups excluding tert-OH is 1. The Morgan fingerprint density at radius 2 is 1.60 bits per heavy atom. The Kier molecular flexibility index (Phi) is 11.8. The molecule has 1 unspecified atom stereocenters. The van der Waals surface area contributed by atoms with Gasteiger partial charge in [-0.3, -0.25) is 4.79 Å². The summed E-state index contributed by atoms with van der Waals surface area (Å²) in [5.74, 6) is -2.28. The van der Waals surface area contributed by atoms with Gasteiger partial charge in [-0.25, -0.2) is 27.0 Å². The average molecular weight is 684 g/mol. The molecule has 1 heterocycles. The van der Waals surface area contributed by atoms with Gasteiger partial charge in [-0.05, 0) is 85.8 Å². The van der Waals surface area contributed by atoms with Gasteiger partial charge in [-0.15, -0.1) is 0 Å². The molecule has 0 saturated heterocycles. The van der Waals surface area contributed by atoms with Gasteiger partial charge in [0.05, 0.1) is 12.4 Å². The number of nitrogens with zero attached hydrogens (tertiary/aromatic N) is 2. The lowest BCUT2D eigenvalue weighted by Gasteiger charge is -2.25. The van der Waals surface area contributed by atoms with Gasteiger partial charge in [-0.2, -0.15) is 0 Å². The summed E-state index contributed by atoms with van der Waals surface area (Å²) in [5.41, 5.74) is 1.31. The van der Waals surface area contributed by atoms with Crippen LogP contribution in [0.15, 0.2) is 79.1 Å². The number of imidazole rings is 1. The molecule has 0 fully saturated rings. The third-order valence-electron chi connectivity index (χ3n) is 7.25. The zero-order chi connectivity index (χ0) is 35.1. The molecule has 1 aromatic heterocycles. The van der Waals surface area contributed by atoms with E-state index >= 15 is 0 Å². The molecule has 0 radical (unpaired) electrons. The number of nitrogens with one attached hydrogen (secondary N) is 1. The van der Waals surface area contributed by atoms with Crippen LogP contribution >= 0.6 is 0 Å². The summed E-state index contributed by atoms with van der Waals surface area (Å²) in [6, 6.07) is 14.9. The number of hydrogen-bond donors (Lipinski definition) is 2. The first-order valence-electron chi connectivity index (χ1n) is 15.2. The van der Waals surface area contributed by atoms with Crippen molar-refractivity contribution in [2.75, 3.05) is 18.6 Å². The number of ether oxygens (including phenoxy) is 2. The quantitative estimate of drug-likeness (QED) is 0.177. The third kappa shape index (κ3) is 10.3. The van der Waals surface area contributed by atoms with Gasteiger partial charge in [0, 0.05) is 30.8 Å². The second-order valence-corrected chi connectivity index (χ2v) is 14.5. The number of carbonyl (C=O) groups is 2. The van der Waals surface area contributed by atoms with Crippen molar-refractivity contribution >= 4 is 21.7 Å². The van der Waals surface area contributed by atoms with Crippen molar-refractivity contribution in [3.8, 4) is 11.1 Å². The fraction of sp³-hybridized carbons (Fsp3) is 0.343. The highest BCUT2D eigenvalue weighted by Crippen LogP contribution is 2.33. The van der Waals surface area contributed by atoms with Gasteiger partial charge in [0.25, 0.3) is 5.91 Å². The molecule has 256 valence electrons. The normalized spacial score (nSPS) is 13.1. The molecule has 0 bridgehead atoms. The van der Waals surface area contributed by atoms with Crippen LogP contribution in [-0.4, -0.2) is 65.2 Å². The van der Waals surface area contributed by atoms with E-state index in [2.05, 4.69) is 10.3 Å². The van der Waals surface area contributed by atoms with Crippen LogP contribution in [-0.2, 0) is 37.3 Å². The minimum Gasteiger partial charge on any atom is -0.458 e. The maximum atomic E-state index is 14.0. The number of esters is 1. The fourth-order valence-corrected chi connectivity index (χ4v) is 5.63. The van der Waals surface area contributed by atoms with Crippen LogP contribution in [0.5, 0.6) is 0 Å². The summed E-state index contributed by atoms with van der Waals surface area (Å²) in [6.07, 6.45) is 3.37. The van der Waals surface area contributed by atoms with E-state index in [1.54, 1.807) is 62.0 Å². The van der Waals surface area contributed by atoms with Crippen LogP contribution < -0.4 is 5.32 Å². The van der Waals surface area contributed by atoms with Crippen LogP contribution in [0.4, 0.5) is 8.78 Å². The summed E-state index contributed by atoms with van der Waals surface area (Å²) in [7, 11) is -3.47. The number of hydrogen-bond acceptors (Lipinski definition) is 8. The zero-order valence-electron chi connectivity index (χ0n) is 27.2. The molecule has 4 rings (SSSR count). The number of sulfone groups is 1. The first-order valence-corrected chi connectivity index (χ1v) is 17.3. The lowest BCUT2D eigenvalue weighted by molar-refractivity contribution is -0.157. The summed E-state index contributed by atoms with van der Waals surface area (Å²) < 4.78 is 65.2. The van der Waals surface area contributed by atoms with E-state index < -0.39 is 51.1 Å². The Morgan fingerprint density at radius 3 is 2.21 bits per heavy atom. The number of aliphatic hydroxyl groups is 1. The summed E-state index contributed by atoms with van der Waals surface area (Å²) in [4.78, 5) is 31.0. The largest absolute Gasteiger partial charge is 0.458 e. The number of rotatable bonds is 14. The second-order valence-electron chi connectivity index (χ2n) is 12.3. The minimum absolute atomic E-state index is 0.127. The van der Waals surface area contributed by atoms with E-state index in [0.29, 0.717) is 34.6 Å². The number of amides is 1. The van der Waals surface area contributed by atoms with Crippen molar-refractivity contribution < 1.29 is 41.4 Å². The van der Waals surface area contributed by atoms with E-state index in [1.165, 1.54) is 42.5 Å². The van der Waals surface area contributed by atoms with Crippen LogP contribution in [0.25, 0.3) is 11.1 Å². The minimum atomic E-state index is -3.47. The van der Waals surface area contributed by atoms with Crippen molar-refractivity contribution in [3.05, 3.63) is 113 Å². The third-order valence-corrected chi connectivity index (χ3v) is 8.23. The van der Waals surface area contributed by atoms with Gasteiger partial charge >= 0.3 is 5.97 Å². The molecule has 0 aliphatic rings. The van der Waals surface area contributed by atoms with Gasteiger partial charge < -0.3 is 24.5 Å². The predicted molar refractivity (Wildman–Crippen MR) is 176 cm³/mol. The van der Waals surface area contributed by atoms with Crippen molar-refractivity contribution in [1.29, 1.82) is 0 Å². The van der Waals surface area contributed by atoms with Crippen molar-refractivity contribution in [1.82, 2.24) is 14.9 Å². The molecule has 0 aliphatic heterocycles. The lowest BCUT2D eigenvalue weighted by atomic mass is 9.92. The van der Waals surface area contributed by atoms with Gasteiger partial charge in [-0.1, -0.05) is 30.3 Å².